The van der Waals surface area contributed by atoms with Crippen LogP contribution in [0.2, 0.25) is 0 Å². The van der Waals surface area contributed by atoms with Gasteiger partial charge in [-0.3, -0.25) is 4.79 Å². The number of rotatable bonds is 17. The average Bonchev–Trinajstić information content (AvgIpc) is 2.96. The van der Waals surface area contributed by atoms with E-state index in [9.17, 15) is 14.4 Å². The van der Waals surface area contributed by atoms with E-state index in [1.807, 2.05) is 41.1 Å². The molecular formula is C27H56N4O9. The van der Waals surface area contributed by atoms with Crippen molar-refractivity contribution in [1.82, 2.24) is 21.3 Å². The lowest BCUT2D eigenvalue weighted by atomic mass is 10.1. The fraction of sp³-hybridized carbons (Fsp3) is 0.741. The molecule has 0 aliphatic rings. The smallest absolute Gasteiger partial charge is 0.407 e. The number of carbonyl (C=O) groups excluding carboxylic acids is 7. The molecule has 0 fully saturated rings. The quantitative estimate of drug-likeness (QED) is 0.186. The molecule has 1 atom stereocenters. The number of nitrogens with one attached hydrogen (secondary N) is 4. The lowest BCUT2D eigenvalue weighted by molar-refractivity contribution is -0.119. The van der Waals surface area contributed by atoms with E-state index in [1.165, 1.54) is 32.1 Å². The van der Waals surface area contributed by atoms with Gasteiger partial charge in [0.25, 0.3) is 0 Å². The summed E-state index contributed by atoms with van der Waals surface area (Å²) in [6.45, 7) is 18.3. The molecule has 0 saturated heterocycles. The van der Waals surface area contributed by atoms with Crippen LogP contribution in [0.25, 0.3) is 0 Å². The van der Waals surface area contributed by atoms with Crippen LogP contribution in [-0.4, -0.2) is 91.2 Å². The monoisotopic (exact) mass is 580 g/mol. The SMILES string of the molecule is C=O.C=O.C=O.C=O.CCOC(=O)NCCCCC(C)NC(=O)OCC.CNCCCCCCCCNC(C)=O. The molecule has 13 nitrogen and oxygen atoms in total. The Labute approximate surface area is 241 Å². The van der Waals surface area contributed by atoms with Crippen LogP contribution >= 0.6 is 0 Å². The van der Waals surface area contributed by atoms with Gasteiger partial charge in [0.2, 0.25) is 5.91 Å². The third-order valence-corrected chi connectivity index (χ3v) is 4.48. The van der Waals surface area contributed by atoms with Crippen molar-refractivity contribution in [3.8, 4) is 0 Å². The van der Waals surface area contributed by atoms with Crippen molar-refractivity contribution in [1.29, 1.82) is 0 Å². The van der Waals surface area contributed by atoms with E-state index in [0.717, 1.165) is 38.8 Å². The molecule has 238 valence electrons. The summed E-state index contributed by atoms with van der Waals surface area (Å²) in [4.78, 5) is 64.6. The van der Waals surface area contributed by atoms with E-state index in [0.29, 0.717) is 19.8 Å². The van der Waals surface area contributed by atoms with Crippen molar-refractivity contribution < 1.29 is 43.0 Å². The van der Waals surface area contributed by atoms with Crippen LogP contribution in [0.1, 0.15) is 85.5 Å². The molecule has 0 aliphatic heterocycles. The summed E-state index contributed by atoms with van der Waals surface area (Å²) in [6, 6.07) is 0.0756. The highest BCUT2D eigenvalue weighted by atomic mass is 16.6. The van der Waals surface area contributed by atoms with Crippen molar-refractivity contribution in [2.45, 2.75) is 91.5 Å². The highest BCUT2D eigenvalue weighted by Crippen LogP contribution is 2.04. The van der Waals surface area contributed by atoms with Crippen LogP contribution in [0.3, 0.4) is 0 Å². The van der Waals surface area contributed by atoms with E-state index < -0.39 is 0 Å². The first-order valence-electron chi connectivity index (χ1n) is 13.3. The van der Waals surface area contributed by atoms with Crippen LogP contribution < -0.4 is 21.3 Å². The summed E-state index contributed by atoms with van der Waals surface area (Å²) in [5.41, 5.74) is 0. The second-order valence-corrected chi connectivity index (χ2v) is 7.62. The maximum absolute atomic E-state index is 11.1. The minimum absolute atomic E-state index is 0.0756. The fourth-order valence-electron chi connectivity index (χ4n) is 2.79. The van der Waals surface area contributed by atoms with Crippen molar-refractivity contribution in [3.63, 3.8) is 0 Å². The number of ether oxygens (including phenoxy) is 2. The van der Waals surface area contributed by atoms with Gasteiger partial charge in [0.15, 0.2) is 0 Å². The summed E-state index contributed by atoms with van der Waals surface area (Å²) in [6.07, 6.45) is 9.43. The topological polar surface area (TPSA) is 186 Å². The fourth-order valence-corrected chi connectivity index (χ4v) is 2.79. The first-order chi connectivity index (χ1) is 19.4. The predicted octanol–water partition coefficient (Wildman–Crippen LogP) is 2.98. The highest BCUT2D eigenvalue weighted by molar-refractivity contribution is 5.72. The third kappa shape index (κ3) is 59.6. The molecule has 1 unspecified atom stereocenters. The van der Waals surface area contributed by atoms with Crippen molar-refractivity contribution in [2.75, 3.05) is 39.9 Å². The second kappa shape index (κ2) is 52.1. The van der Waals surface area contributed by atoms with Gasteiger partial charge in [-0.15, -0.1) is 0 Å². The van der Waals surface area contributed by atoms with E-state index in [2.05, 4.69) is 21.3 Å². The Balaban J connectivity index is -0.000000117. The van der Waals surface area contributed by atoms with Gasteiger partial charge in [-0.05, 0) is 66.5 Å². The molecule has 0 aliphatic carbocycles. The number of amides is 3. The number of hydrogen-bond donors (Lipinski definition) is 4. The molecule has 3 amide bonds. The summed E-state index contributed by atoms with van der Waals surface area (Å²) in [7, 11) is 1.99. The van der Waals surface area contributed by atoms with Crippen LogP contribution in [-0.2, 0) is 33.4 Å². The van der Waals surface area contributed by atoms with Gasteiger partial charge >= 0.3 is 12.2 Å². The molecule has 0 rings (SSSR count). The van der Waals surface area contributed by atoms with Crippen LogP contribution in [0.5, 0.6) is 0 Å². The zero-order chi connectivity index (χ0) is 32.5. The van der Waals surface area contributed by atoms with E-state index >= 15 is 0 Å². The van der Waals surface area contributed by atoms with E-state index in [-0.39, 0.29) is 24.1 Å². The van der Waals surface area contributed by atoms with Crippen molar-refractivity contribution in [2.24, 2.45) is 0 Å². The Kier molecular flexibility index (Phi) is 64.6. The predicted molar refractivity (Wildman–Crippen MR) is 157 cm³/mol. The maximum atomic E-state index is 11.1. The van der Waals surface area contributed by atoms with Gasteiger partial charge < -0.3 is 49.9 Å². The molecule has 0 spiro atoms. The largest absolute Gasteiger partial charge is 0.450 e. The molecule has 0 saturated carbocycles. The maximum Gasteiger partial charge on any atom is 0.407 e. The van der Waals surface area contributed by atoms with Gasteiger partial charge in [0.05, 0.1) is 13.2 Å². The van der Waals surface area contributed by atoms with Gasteiger partial charge in [-0.25, -0.2) is 9.59 Å². The van der Waals surface area contributed by atoms with Gasteiger partial charge in [-0.1, -0.05) is 25.7 Å². The second-order valence-electron chi connectivity index (χ2n) is 7.62. The minimum atomic E-state index is -0.380. The van der Waals surface area contributed by atoms with Gasteiger partial charge in [0.1, 0.15) is 27.2 Å². The Bertz CT molecular complexity index is 522. The highest BCUT2D eigenvalue weighted by Gasteiger charge is 2.07. The molecule has 4 N–H and O–H groups in total. The van der Waals surface area contributed by atoms with E-state index in [4.69, 9.17) is 28.7 Å². The molecule has 0 bridgehead atoms. The molecule has 13 heteroatoms. The van der Waals surface area contributed by atoms with Gasteiger partial charge in [0, 0.05) is 26.1 Å². The molecule has 0 aromatic heterocycles. The molecule has 0 radical (unpaired) electrons. The summed E-state index contributed by atoms with van der Waals surface area (Å²) < 4.78 is 9.50. The Morgan fingerprint density at radius 2 is 1.02 bits per heavy atom. The van der Waals surface area contributed by atoms with Gasteiger partial charge in [-0.2, -0.15) is 0 Å². The van der Waals surface area contributed by atoms with Crippen LogP contribution in [0.15, 0.2) is 0 Å². The molecule has 0 heterocycles. The number of unbranched alkanes of at least 4 members (excludes halogenated alkanes) is 6. The standard InChI is InChI=1S/C12H24N2O4.C11H24N2O.4CH2O/c1-4-17-11(15)13-9-7-6-8-10(3)14-12(16)18-5-2;1-11(14)13-10-8-6-4-3-5-7-9-12-2;4*1-2/h10H,4-9H2,1-3H3,(H,13,15)(H,14,16);12H,3-10H2,1-2H3,(H,13,14);4*1H2. The minimum Gasteiger partial charge on any atom is -0.450 e. The molecule has 40 heavy (non-hydrogen) atoms. The molecular weight excluding hydrogens is 524 g/mol. The van der Waals surface area contributed by atoms with Crippen molar-refractivity contribution >= 4 is 45.2 Å². The zero-order valence-electron chi connectivity index (χ0n) is 25.5. The lowest BCUT2D eigenvalue weighted by Crippen LogP contribution is -2.33. The molecule has 0 aromatic rings. The lowest BCUT2D eigenvalue weighted by Gasteiger charge is -2.13. The first kappa shape index (κ1) is 49.6. The first-order valence-corrected chi connectivity index (χ1v) is 13.3. The number of hydrogen-bond acceptors (Lipinski definition) is 10. The van der Waals surface area contributed by atoms with Crippen LogP contribution in [0, 0.1) is 0 Å². The van der Waals surface area contributed by atoms with Crippen molar-refractivity contribution in [3.05, 3.63) is 0 Å². The number of carbonyl (C=O) groups is 7. The third-order valence-electron chi connectivity index (χ3n) is 4.48. The normalized spacial score (nSPS) is 9.12. The van der Waals surface area contributed by atoms with Crippen LogP contribution in [0.4, 0.5) is 9.59 Å². The average molecular weight is 581 g/mol. The Hall–Kier alpha value is -3.35. The molecule has 0 aromatic carbocycles. The Morgan fingerprint density at radius 3 is 1.48 bits per heavy atom. The summed E-state index contributed by atoms with van der Waals surface area (Å²) >= 11 is 0. The Morgan fingerprint density at radius 1 is 0.625 bits per heavy atom. The van der Waals surface area contributed by atoms with E-state index in [1.54, 1.807) is 20.8 Å². The zero-order valence-corrected chi connectivity index (χ0v) is 25.5. The summed E-state index contributed by atoms with van der Waals surface area (Å²) in [5, 5.41) is 11.3. The number of alkyl carbamates (subject to hydrolysis) is 2. The summed E-state index contributed by atoms with van der Waals surface area (Å²) in [5.74, 6) is 0.0824.